The Morgan fingerprint density at radius 1 is 1.25 bits per heavy atom. The highest BCUT2D eigenvalue weighted by Gasteiger charge is 2.44. The lowest BCUT2D eigenvalue weighted by Gasteiger charge is -2.15. The summed E-state index contributed by atoms with van der Waals surface area (Å²) in [5, 5.41) is 0. The molecule has 0 atom stereocenters. The molecule has 1 heterocycles. The van der Waals surface area contributed by atoms with Crippen molar-refractivity contribution in [2.45, 2.75) is 49.8 Å². The van der Waals surface area contributed by atoms with E-state index in [9.17, 15) is 4.79 Å². The molecule has 0 unspecified atom stereocenters. The molecule has 0 spiro atoms. The molecular formula is C11H19Cl2NOS. The van der Waals surface area contributed by atoms with Crippen LogP contribution in [0.1, 0.15) is 45.4 Å². The number of nitrogens with zero attached hydrogens (tertiary/aromatic N) is 1. The van der Waals surface area contributed by atoms with Crippen LogP contribution in [-0.4, -0.2) is 26.8 Å². The van der Waals surface area contributed by atoms with Gasteiger partial charge in [0.25, 0.3) is 5.91 Å². The van der Waals surface area contributed by atoms with Crippen molar-refractivity contribution in [1.29, 1.82) is 0 Å². The number of alkyl halides is 2. The predicted octanol–water partition coefficient (Wildman–Crippen LogP) is 4.01. The Balaban J connectivity index is 2.08. The molecule has 0 bridgehead atoms. The van der Waals surface area contributed by atoms with E-state index >= 15 is 0 Å². The SMILES string of the molecule is CCCCCCCCN1SCC(Cl)(Cl)C1=O. The number of halogens is 2. The summed E-state index contributed by atoms with van der Waals surface area (Å²) in [7, 11) is 0. The lowest BCUT2D eigenvalue weighted by atomic mass is 10.1. The van der Waals surface area contributed by atoms with E-state index < -0.39 is 4.33 Å². The van der Waals surface area contributed by atoms with Crippen molar-refractivity contribution >= 4 is 41.1 Å². The quantitative estimate of drug-likeness (QED) is 0.400. The lowest BCUT2D eigenvalue weighted by molar-refractivity contribution is -0.125. The molecule has 0 N–H and O–H groups in total. The summed E-state index contributed by atoms with van der Waals surface area (Å²) < 4.78 is 0.521. The Morgan fingerprint density at radius 3 is 2.44 bits per heavy atom. The molecule has 0 aromatic heterocycles. The van der Waals surface area contributed by atoms with E-state index in [4.69, 9.17) is 23.2 Å². The van der Waals surface area contributed by atoms with Gasteiger partial charge >= 0.3 is 0 Å². The molecule has 0 radical (unpaired) electrons. The van der Waals surface area contributed by atoms with Crippen LogP contribution in [0, 0.1) is 0 Å². The summed E-state index contributed by atoms with van der Waals surface area (Å²) in [6, 6.07) is 0. The minimum atomic E-state index is -1.19. The third-order valence-electron chi connectivity index (χ3n) is 2.66. The molecule has 0 aromatic carbocycles. The first-order chi connectivity index (χ1) is 7.58. The minimum Gasteiger partial charge on any atom is -0.284 e. The van der Waals surface area contributed by atoms with Gasteiger partial charge in [-0.25, -0.2) is 0 Å². The van der Waals surface area contributed by atoms with Gasteiger partial charge < -0.3 is 0 Å². The number of carbonyl (C=O) groups excluding carboxylic acids is 1. The predicted molar refractivity (Wildman–Crippen MR) is 72.0 cm³/mol. The second-order valence-corrected chi connectivity index (χ2v) is 6.62. The first-order valence-electron chi connectivity index (χ1n) is 5.90. The highest BCUT2D eigenvalue weighted by atomic mass is 35.5. The maximum Gasteiger partial charge on any atom is 0.269 e. The van der Waals surface area contributed by atoms with Gasteiger partial charge in [0, 0.05) is 6.54 Å². The molecule has 2 nitrogen and oxygen atoms in total. The summed E-state index contributed by atoms with van der Waals surface area (Å²) in [5.74, 6) is 0.333. The Kier molecular flexibility index (Phi) is 6.30. The maximum atomic E-state index is 11.6. The van der Waals surface area contributed by atoms with Crippen molar-refractivity contribution in [3.05, 3.63) is 0 Å². The van der Waals surface area contributed by atoms with E-state index in [1.165, 1.54) is 44.1 Å². The van der Waals surface area contributed by atoms with Gasteiger partial charge in [0.2, 0.25) is 4.33 Å². The molecule has 94 valence electrons. The summed E-state index contributed by atoms with van der Waals surface area (Å²) in [6.45, 7) is 2.98. The van der Waals surface area contributed by atoms with Crippen molar-refractivity contribution in [3.63, 3.8) is 0 Å². The smallest absolute Gasteiger partial charge is 0.269 e. The second-order valence-electron chi connectivity index (χ2n) is 4.15. The van der Waals surface area contributed by atoms with Gasteiger partial charge in [-0.05, 0) is 18.4 Å². The van der Waals surface area contributed by atoms with Crippen molar-refractivity contribution in [1.82, 2.24) is 4.31 Å². The van der Waals surface area contributed by atoms with Gasteiger partial charge in [-0.2, -0.15) is 0 Å². The van der Waals surface area contributed by atoms with Crippen LogP contribution in [0.3, 0.4) is 0 Å². The summed E-state index contributed by atoms with van der Waals surface area (Å²) in [5.41, 5.74) is 0. The number of unbranched alkanes of at least 4 members (excludes halogenated alkanes) is 5. The number of amides is 1. The van der Waals surface area contributed by atoms with Gasteiger partial charge in [0.15, 0.2) is 0 Å². The van der Waals surface area contributed by atoms with E-state index in [2.05, 4.69) is 6.92 Å². The fraction of sp³-hybridized carbons (Fsp3) is 0.909. The van der Waals surface area contributed by atoms with Crippen LogP contribution < -0.4 is 0 Å². The van der Waals surface area contributed by atoms with Gasteiger partial charge in [0.1, 0.15) is 0 Å². The van der Waals surface area contributed by atoms with Crippen LogP contribution in [0.2, 0.25) is 0 Å². The normalized spacial score (nSPS) is 19.4. The monoisotopic (exact) mass is 283 g/mol. The van der Waals surface area contributed by atoms with Crippen molar-refractivity contribution in [3.8, 4) is 0 Å². The van der Waals surface area contributed by atoms with Gasteiger partial charge in [-0.15, -0.1) is 0 Å². The van der Waals surface area contributed by atoms with Crippen LogP contribution >= 0.6 is 35.1 Å². The van der Waals surface area contributed by atoms with Crippen LogP contribution in [0.25, 0.3) is 0 Å². The van der Waals surface area contributed by atoms with Crippen LogP contribution in [0.5, 0.6) is 0 Å². The molecule has 0 saturated carbocycles. The minimum absolute atomic E-state index is 0.144. The molecular weight excluding hydrogens is 265 g/mol. The standard InChI is InChI=1S/C11H19Cl2NOS/c1-2-3-4-5-6-7-8-14-10(15)11(12,13)9-16-14/h2-9H2,1H3. The van der Waals surface area contributed by atoms with E-state index in [0.29, 0.717) is 5.75 Å². The highest BCUT2D eigenvalue weighted by molar-refractivity contribution is 7.98. The zero-order chi connectivity index (χ0) is 12.0. The van der Waals surface area contributed by atoms with Crippen molar-refractivity contribution in [2.75, 3.05) is 12.3 Å². The molecule has 16 heavy (non-hydrogen) atoms. The third-order valence-corrected chi connectivity index (χ3v) is 4.79. The Hall–Kier alpha value is 0.400. The van der Waals surface area contributed by atoms with Gasteiger partial charge in [-0.3, -0.25) is 9.10 Å². The molecule has 1 amide bonds. The fourth-order valence-electron chi connectivity index (χ4n) is 1.66. The zero-order valence-electron chi connectivity index (χ0n) is 9.68. The highest BCUT2D eigenvalue weighted by Crippen LogP contribution is 2.38. The molecule has 1 aliphatic rings. The van der Waals surface area contributed by atoms with Crippen molar-refractivity contribution in [2.24, 2.45) is 0 Å². The fourth-order valence-corrected chi connectivity index (χ4v) is 3.23. The molecule has 1 rings (SSSR count). The maximum absolute atomic E-state index is 11.6. The molecule has 1 aliphatic heterocycles. The topological polar surface area (TPSA) is 20.3 Å². The summed E-state index contributed by atoms with van der Waals surface area (Å²) in [6.07, 6.45) is 7.36. The number of carbonyl (C=O) groups is 1. The first-order valence-corrected chi connectivity index (χ1v) is 7.60. The van der Waals surface area contributed by atoms with Crippen LogP contribution in [0.4, 0.5) is 0 Å². The van der Waals surface area contributed by atoms with E-state index in [-0.39, 0.29) is 5.91 Å². The number of hydrogen-bond donors (Lipinski definition) is 0. The molecule has 0 aliphatic carbocycles. The largest absolute Gasteiger partial charge is 0.284 e. The number of hydrogen-bond acceptors (Lipinski definition) is 2. The Bertz CT molecular complexity index is 236. The van der Waals surface area contributed by atoms with Crippen LogP contribution in [0.15, 0.2) is 0 Å². The number of rotatable bonds is 7. The second kappa shape index (κ2) is 6.97. The third kappa shape index (κ3) is 4.34. The van der Waals surface area contributed by atoms with Crippen molar-refractivity contribution < 1.29 is 4.79 Å². The summed E-state index contributed by atoms with van der Waals surface area (Å²) in [4.78, 5) is 11.6. The average Bonchev–Trinajstić information content (AvgIpc) is 2.50. The van der Waals surface area contributed by atoms with E-state index in [1.807, 2.05) is 0 Å². The average molecular weight is 284 g/mol. The zero-order valence-corrected chi connectivity index (χ0v) is 12.0. The molecule has 1 fully saturated rings. The first kappa shape index (κ1) is 14.5. The Labute approximate surface area is 112 Å². The van der Waals surface area contributed by atoms with E-state index in [0.717, 1.165) is 13.0 Å². The Morgan fingerprint density at radius 2 is 1.88 bits per heavy atom. The van der Waals surface area contributed by atoms with E-state index in [1.54, 1.807) is 4.31 Å². The lowest BCUT2D eigenvalue weighted by Crippen LogP contribution is -2.31. The van der Waals surface area contributed by atoms with Crippen LogP contribution in [-0.2, 0) is 4.79 Å². The van der Waals surface area contributed by atoms with Gasteiger partial charge in [-0.1, -0.05) is 62.2 Å². The molecule has 0 aromatic rings. The molecule has 1 saturated heterocycles. The molecule has 5 heteroatoms. The summed E-state index contributed by atoms with van der Waals surface area (Å²) >= 11 is 13.1. The van der Waals surface area contributed by atoms with Gasteiger partial charge in [0.05, 0.1) is 5.75 Å².